The van der Waals surface area contributed by atoms with Crippen LogP contribution in [0.2, 0.25) is 0 Å². The number of amides is 1. The lowest BCUT2D eigenvalue weighted by atomic mass is 10.1. The van der Waals surface area contributed by atoms with E-state index >= 15 is 0 Å². The number of carbonyl (C=O) groups excluding carboxylic acids is 2. The van der Waals surface area contributed by atoms with E-state index in [0.717, 1.165) is 17.7 Å². The molecule has 0 radical (unpaired) electrons. The minimum atomic E-state index is -0.519. The van der Waals surface area contributed by atoms with Crippen molar-refractivity contribution >= 4 is 17.6 Å². The van der Waals surface area contributed by atoms with Crippen molar-refractivity contribution in [2.45, 2.75) is 39.3 Å². The Morgan fingerprint density at radius 2 is 1.81 bits per heavy atom. The molecule has 136 valence electrons. The van der Waals surface area contributed by atoms with Gasteiger partial charge in [0, 0.05) is 11.7 Å². The summed E-state index contributed by atoms with van der Waals surface area (Å²) in [6.07, 6.45) is 0.878. The van der Waals surface area contributed by atoms with Gasteiger partial charge in [-0.25, -0.2) is 4.79 Å². The third kappa shape index (κ3) is 3.87. The van der Waals surface area contributed by atoms with Crippen LogP contribution in [-0.2, 0) is 16.0 Å². The molecule has 0 saturated heterocycles. The van der Waals surface area contributed by atoms with Crippen LogP contribution in [0.15, 0.2) is 48.5 Å². The lowest BCUT2D eigenvalue weighted by Gasteiger charge is -2.22. The second-order valence-corrected chi connectivity index (χ2v) is 6.71. The van der Waals surface area contributed by atoms with Gasteiger partial charge in [0.25, 0.3) is 5.91 Å². The van der Waals surface area contributed by atoms with Crippen LogP contribution in [0, 0.1) is 0 Å². The minimum absolute atomic E-state index is 0.0612. The van der Waals surface area contributed by atoms with Crippen LogP contribution >= 0.6 is 0 Å². The summed E-state index contributed by atoms with van der Waals surface area (Å²) in [5.41, 5.74) is 2.43. The summed E-state index contributed by atoms with van der Waals surface area (Å²) in [4.78, 5) is 26.5. The lowest BCUT2D eigenvalue weighted by molar-refractivity contribution is -0.122. The van der Waals surface area contributed by atoms with E-state index in [4.69, 9.17) is 9.47 Å². The number of benzene rings is 2. The lowest BCUT2D eigenvalue weighted by Crippen LogP contribution is -2.38. The maximum atomic E-state index is 12.6. The molecule has 5 nitrogen and oxygen atoms in total. The molecule has 0 saturated carbocycles. The van der Waals surface area contributed by atoms with Crippen molar-refractivity contribution in [3.05, 3.63) is 59.7 Å². The molecule has 0 fully saturated rings. The van der Waals surface area contributed by atoms with Crippen molar-refractivity contribution in [1.82, 2.24) is 0 Å². The summed E-state index contributed by atoms with van der Waals surface area (Å²) in [6, 6.07) is 14.6. The molecule has 1 aliphatic heterocycles. The molecule has 0 aliphatic carbocycles. The second-order valence-electron chi connectivity index (χ2n) is 6.71. The molecule has 26 heavy (non-hydrogen) atoms. The first-order valence-electron chi connectivity index (χ1n) is 8.79. The number of rotatable bonds is 5. The standard InChI is InChI=1S/C21H23NO4/c1-14(2)26-18-10-8-16(9-11-18)21(24)25-13-20(23)22-15(3)12-17-6-4-5-7-19(17)22/h4-11,14-15H,12-13H2,1-3H3/t15-/m0/s1. The highest BCUT2D eigenvalue weighted by molar-refractivity contribution is 5.99. The average Bonchev–Trinajstić information content (AvgIpc) is 2.95. The van der Waals surface area contributed by atoms with Crippen LogP contribution in [-0.4, -0.2) is 30.6 Å². The van der Waals surface area contributed by atoms with Gasteiger partial charge in [0.05, 0.1) is 11.7 Å². The number of fused-ring (bicyclic) bond motifs is 1. The predicted octanol–water partition coefficient (Wildman–Crippen LogP) is 3.61. The van der Waals surface area contributed by atoms with E-state index in [9.17, 15) is 9.59 Å². The van der Waals surface area contributed by atoms with Gasteiger partial charge in [0.2, 0.25) is 0 Å². The van der Waals surface area contributed by atoms with Crippen molar-refractivity contribution < 1.29 is 19.1 Å². The van der Waals surface area contributed by atoms with Crippen LogP contribution in [0.3, 0.4) is 0 Å². The topological polar surface area (TPSA) is 55.8 Å². The molecule has 2 aromatic carbocycles. The number of nitrogens with zero attached hydrogens (tertiary/aromatic N) is 1. The van der Waals surface area contributed by atoms with Gasteiger partial charge in [-0.3, -0.25) is 4.79 Å². The molecule has 0 unspecified atom stereocenters. The van der Waals surface area contributed by atoms with Crippen molar-refractivity contribution in [1.29, 1.82) is 0 Å². The van der Waals surface area contributed by atoms with Gasteiger partial charge in [-0.2, -0.15) is 0 Å². The summed E-state index contributed by atoms with van der Waals surface area (Å²) >= 11 is 0. The zero-order chi connectivity index (χ0) is 18.7. The number of anilines is 1. The second kappa shape index (κ2) is 7.60. The summed E-state index contributed by atoms with van der Waals surface area (Å²) in [7, 11) is 0. The minimum Gasteiger partial charge on any atom is -0.491 e. The first kappa shape index (κ1) is 18.0. The van der Waals surface area contributed by atoms with E-state index < -0.39 is 5.97 Å². The van der Waals surface area contributed by atoms with Gasteiger partial charge in [-0.15, -0.1) is 0 Å². The Labute approximate surface area is 153 Å². The Hall–Kier alpha value is -2.82. The van der Waals surface area contributed by atoms with Crippen LogP contribution in [0.25, 0.3) is 0 Å². The summed E-state index contributed by atoms with van der Waals surface area (Å²) in [6.45, 7) is 5.59. The molecule has 1 amide bonds. The Kier molecular flexibility index (Phi) is 5.26. The van der Waals surface area contributed by atoms with Crippen molar-refractivity contribution in [2.24, 2.45) is 0 Å². The monoisotopic (exact) mass is 353 g/mol. The molecule has 0 aromatic heterocycles. The molecule has 2 aromatic rings. The zero-order valence-electron chi connectivity index (χ0n) is 15.3. The molecule has 1 aliphatic rings. The van der Waals surface area contributed by atoms with E-state index in [1.165, 1.54) is 0 Å². The summed E-state index contributed by atoms with van der Waals surface area (Å²) < 4.78 is 10.8. The van der Waals surface area contributed by atoms with Crippen LogP contribution in [0.4, 0.5) is 5.69 Å². The first-order valence-corrected chi connectivity index (χ1v) is 8.79. The normalized spacial score (nSPS) is 15.7. The Bertz CT molecular complexity index is 798. The molecular formula is C21H23NO4. The van der Waals surface area contributed by atoms with Crippen molar-refractivity contribution in [3.8, 4) is 5.75 Å². The molecule has 0 N–H and O–H groups in total. The SMILES string of the molecule is CC(C)Oc1ccc(C(=O)OCC(=O)N2c3ccccc3C[C@@H]2C)cc1. The van der Waals surface area contributed by atoms with Gasteiger partial charge >= 0.3 is 5.97 Å². The van der Waals surface area contributed by atoms with Crippen LogP contribution in [0.5, 0.6) is 5.75 Å². The van der Waals surface area contributed by atoms with Crippen molar-refractivity contribution in [2.75, 3.05) is 11.5 Å². The smallest absolute Gasteiger partial charge is 0.338 e. The third-order valence-corrected chi connectivity index (χ3v) is 4.26. The molecular weight excluding hydrogens is 330 g/mol. The van der Waals surface area contributed by atoms with Crippen molar-refractivity contribution in [3.63, 3.8) is 0 Å². The van der Waals surface area contributed by atoms with Gasteiger partial charge in [-0.05, 0) is 63.1 Å². The maximum Gasteiger partial charge on any atom is 0.338 e. The average molecular weight is 353 g/mol. The molecule has 0 bridgehead atoms. The number of hydrogen-bond donors (Lipinski definition) is 0. The van der Waals surface area contributed by atoms with Crippen LogP contribution < -0.4 is 9.64 Å². The highest BCUT2D eigenvalue weighted by Gasteiger charge is 2.31. The largest absolute Gasteiger partial charge is 0.491 e. The summed E-state index contributed by atoms with van der Waals surface area (Å²) in [5.74, 6) is -0.0414. The quantitative estimate of drug-likeness (QED) is 0.771. The Morgan fingerprint density at radius 3 is 2.50 bits per heavy atom. The van der Waals surface area contributed by atoms with E-state index in [2.05, 4.69) is 0 Å². The van der Waals surface area contributed by atoms with Gasteiger partial charge in [-0.1, -0.05) is 18.2 Å². The number of esters is 1. The van der Waals surface area contributed by atoms with E-state index in [0.29, 0.717) is 11.3 Å². The molecule has 5 heteroatoms. The Morgan fingerprint density at radius 1 is 1.12 bits per heavy atom. The number of ether oxygens (including phenoxy) is 2. The highest BCUT2D eigenvalue weighted by Crippen LogP contribution is 2.31. The fourth-order valence-corrected chi connectivity index (χ4v) is 3.17. The zero-order valence-corrected chi connectivity index (χ0v) is 15.3. The van der Waals surface area contributed by atoms with E-state index in [1.807, 2.05) is 45.0 Å². The fourth-order valence-electron chi connectivity index (χ4n) is 3.17. The number of carbonyl (C=O) groups is 2. The highest BCUT2D eigenvalue weighted by atomic mass is 16.5. The van der Waals surface area contributed by atoms with Gasteiger partial charge in [0.1, 0.15) is 5.75 Å². The predicted molar refractivity (Wildman–Crippen MR) is 99.6 cm³/mol. The van der Waals surface area contributed by atoms with E-state index in [1.54, 1.807) is 29.2 Å². The van der Waals surface area contributed by atoms with Gasteiger partial charge in [0.15, 0.2) is 6.61 Å². The number of para-hydroxylation sites is 1. The number of hydrogen-bond acceptors (Lipinski definition) is 4. The van der Waals surface area contributed by atoms with Crippen LogP contribution in [0.1, 0.15) is 36.7 Å². The Balaban J connectivity index is 1.60. The first-order chi connectivity index (χ1) is 12.5. The molecule has 1 atom stereocenters. The molecule has 0 spiro atoms. The third-order valence-electron chi connectivity index (χ3n) is 4.26. The van der Waals surface area contributed by atoms with Gasteiger partial charge < -0.3 is 14.4 Å². The maximum absolute atomic E-state index is 12.6. The summed E-state index contributed by atoms with van der Waals surface area (Å²) in [5, 5.41) is 0. The molecule has 1 heterocycles. The fraction of sp³-hybridized carbons (Fsp3) is 0.333. The van der Waals surface area contributed by atoms with E-state index in [-0.39, 0.29) is 24.7 Å². The molecule has 3 rings (SSSR count).